The highest BCUT2D eigenvalue weighted by atomic mass is 16.6. The van der Waals surface area contributed by atoms with Gasteiger partial charge in [-0.1, -0.05) is 0 Å². The van der Waals surface area contributed by atoms with E-state index in [1.165, 1.54) is 24.3 Å². The highest BCUT2D eigenvalue weighted by Crippen LogP contribution is 2.26. The molecule has 1 heterocycles. The molecular formula is C19H18N2O5. The van der Waals surface area contributed by atoms with E-state index in [1.807, 2.05) is 24.0 Å². The van der Waals surface area contributed by atoms with Crippen LogP contribution in [-0.2, 0) is 0 Å². The van der Waals surface area contributed by atoms with Crippen LogP contribution in [0, 0.1) is 10.1 Å². The van der Waals surface area contributed by atoms with Crippen LogP contribution in [0.5, 0.6) is 0 Å². The third kappa shape index (κ3) is 3.43. The molecule has 1 aromatic heterocycles. The minimum absolute atomic E-state index is 0.0351. The van der Waals surface area contributed by atoms with Gasteiger partial charge in [0.05, 0.1) is 17.1 Å². The topological polar surface area (TPSA) is 96.8 Å². The third-order valence-electron chi connectivity index (χ3n) is 4.23. The van der Waals surface area contributed by atoms with Gasteiger partial charge in [-0.05, 0) is 42.8 Å². The smallest absolute Gasteiger partial charge is 0.344 e. The fourth-order valence-corrected chi connectivity index (χ4v) is 2.85. The molecule has 3 rings (SSSR count). The number of hydrogen-bond acceptors (Lipinski definition) is 6. The van der Waals surface area contributed by atoms with Crippen molar-refractivity contribution in [2.75, 3.05) is 24.6 Å². The van der Waals surface area contributed by atoms with E-state index < -0.39 is 10.5 Å². The average Bonchev–Trinajstić information content (AvgIpc) is 2.65. The van der Waals surface area contributed by atoms with Gasteiger partial charge in [-0.25, -0.2) is 4.79 Å². The highest BCUT2D eigenvalue weighted by Gasteiger charge is 2.12. The standard InChI is InChI=1S/C19H18N2O5/c1-2-20(9-10-22)16-8-5-14-11-17(19(23)26-18(14)12-16)13-3-6-15(7-4-13)21(24)25/h3-8,11-12,22H,2,9-10H2,1H3. The summed E-state index contributed by atoms with van der Waals surface area (Å²) in [4.78, 5) is 24.6. The Labute approximate surface area is 149 Å². The zero-order valence-corrected chi connectivity index (χ0v) is 14.2. The van der Waals surface area contributed by atoms with Gasteiger partial charge >= 0.3 is 5.63 Å². The molecule has 0 atom stereocenters. The molecule has 0 saturated carbocycles. The van der Waals surface area contributed by atoms with Crippen molar-refractivity contribution in [2.24, 2.45) is 0 Å². The molecular weight excluding hydrogens is 336 g/mol. The van der Waals surface area contributed by atoms with Gasteiger partial charge in [-0.15, -0.1) is 0 Å². The predicted octanol–water partition coefficient (Wildman–Crippen LogP) is 3.19. The maximum absolute atomic E-state index is 12.4. The quantitative estimate of drug-likeness (QED) is 0.415. The summed E-state index contributed by atoms with van der Waals surface area (Å²) in [7, 11) is 0. The monoisotopic (exact) mass is 354 g/mol. The summed E-state index contributed by atoms with van der Waals surface area (Å²) < 4.78 is 5.46. The number of benzene rings is 2. The minimum atomic E-state index is -0.506. The first-order chi connectivity index (χ1) is 12.5. The van der Waals surface area contributed by atoms with Crippen molar-refractivity contribution >= 4 is 22.3 Å². The molecule has 0 aliphatic heterocycles. The lowest BCUT2D eigenvalue weighted by Crippen LogP contribution is -2.26. The van der Waals surface area contributed by atoms with Gasteiger partial charge in [0.1, 0.15) is 5.58 Å². The summed E-state index contributed by atoms with van der Waals surface area (Å²) in [6.45, 7) is 3.23. The van der Waals surface area contributed by atoms with Crippen molar-refractivity contribution in [3.63, 3.8) is 0 Å². The normalized spacial score (nSPS) is 10.8. The van der Waals surface area contributed by atoms with E-state index in [2.05, 4.69) is 0 Å². The van der Waals surface area contributed by atoms with E-state index in [0.717, 1.165) is 17.6 Å². The summed E-state index contributed by atoms with van der Waals surface area (Å²) in [5, 5.41) is 20.7. The van der Waals surface area contributed by atoms with Gasteiger partial charge in [0.15, 0.2) is 0 Å². The molecule has 26 heavy (non-hydrogen) atoms. The number of fused-ring (bicyclic) bond motifs is 1. The lowest BCUT2D eigenvalue weighted by Gasteiger charge is -2.22. The van der Waals surface area contributed by atoms with Gasteiger partial charge < -0.3 is 14.4 Å². The Kier molecular flexibility index (Phi) is 4.99. The van der Waals surface area contributed by atoms with Crippen LogP contribution in [0.25, 0.3) is 22.1 Å². The van der Waals surface area contributed by atoms with Crippen LogP contribution in [0.4, 0.5) is 11.4 Å². The summed E-state index contributed by atoms with van der Waals surface area (Å²) >= 11 is 0. The zero-order valence-electron chi connectivity index (χ0n) is 14.2. The van der Waals surface area contributed by atoms with Crippen LogP contribution in [0.1, 0.15) is 6.92 Å². The summed E-state index contributed by atoms with van der Waals surface area (Å²) in [6.07, 6.45) is 0. The first kappa shape index (κ1) is 17.6. The minimum Gasteiger partial charge on any atom is -0.422 e. The molecule has 0 amide bonds. The Morgan fingerprint density at radius 1 is 1.15 bits per heavy atom. The molecule has 1 N–H and O–H groups in total. The number of rotatable bonds is 6. The van der Waals surface area contributed by atoms with Crippen LogP contribution in [0.3, 0.4) is 0 Å². The number of likely N-dealkylation sites (N-methyl/N-ethyl adjacent to an activating group) is 1. The number of nitro benzene ring substituents is 1. The second kappa shape index (κ2) is 7.37. The summed E-state index contributed by atoms with van der Waals surface area (Å²) in [5.41, 5.74) is 1.68. The van der Waals surface area contributed by atoms with Crippen LogP contribution >= 0.6 is 0 Å². The maximum atomic E-state index is 12.4. The van der Waals surface area contributed by atoms with Crippen LogP contribution in [-0.4, -0.2) is 29.7 Å². The lowest BCUT2D eigenvalue weighted by atomic mass is 10.1. The van der Waals surface area contributed by atoms with Gasteiger partial charge in [-0.3, -0.25) is 10.1 Å². The number of aliphatic hydroxyl groups excluding tert-OH is 1. The largest absolute Gasteiger partial charge is 0.422 e. The molecule has 0 aliphatic carbocycles. The Hall–Kier alpha value is -3.19. The Morgan fingerprint density at radius 2 is 1.88 bits per heavy atom. The molecule has 134 valence electrons. The van der Waals surface area contributed by atoms with E-state index in [1.54, 1.807) is 12.1 Å². The Bertz CT molecular complexity index is 995. The number of nitro groups is 1. The molecule has 3 aromatic rings. The van der Waals surface area contributed by atoms with Crippen molar-refractivity contribution in [1.82, 2.24) is 0 Å². The fourth-order valence-electron chi connectivity index (χ4n) is 2.85. The maximum Gasteiger partial charge on any atom is 0.344 e. The second-order valence-corrected chi connectivity index (χ2v) is 5.78. The molecule has 0 aliphatic rings. The predicted molar refractivity (Wildman–Crippen MR) is 99.5 cm³/mol. The van der Waals surface area contributed by atoms with E-state index in [4.69, 9.17) is 9.52 Å². The molecule has 7 nitrogen and oxygen atoms in total. The fraction of sp³-hybridized carbons (Fsp3) is 0.211. The Morgan fingerprint density at radius 3 is 2.50 bits per heavy atom. The van der Waals surface area contributed by atoms with Gasteiger partial charge in [0, 0.05) is 42.4 Å². The molecule has 0 spiro atoms. The van der Waals surface area contributed by atoms with Gasteiger partial charge in [0.2, 0.25) is 0 Å². The summed E-state index contributed by atoms with van der Waals surface area (Å²) in [6, 6.07) is 13.0. The molecule has 0 bridgehead atoms. The van der Waals surface area contributed by atoms with Gasteiger partial charge in [0.25, 0.3) is 5.69 Å². The van der Waals surface area contributed by atoms with Crippen LogP contribution in [0.2, 0.25) is 0 Å². The number of hydrogen-bond donors (Lipinski definition) is 1. The molecule has 0 saturated heterocycles. The zero-order chi connectivity index (χ0) is 18.7. The number of non-ortho nitro benzene ring substituents is 1. The van der Waals surface area contributed by atoms with E-state index >= 15 is 0 Å². The van der Waals surface area contributed by atoms with E-state index in [0.29, 0.717) is 23.3 Å². The molecule has 7 heteroatoms. The second-order valence-electron chi connectivity index (χ2n) is 5.78. The van der Waals surface area contributed by atoms with Crippen LogP contribution in [0.15, 0.2) is 57.7 Å². The molecule has 0 fully saturated rings. The molecule has 0 unspecified atom stereocenters. The Balaban J connectivity index is 2.03. The first-order valence-corrected chi connectivity index (χ1v) is 8.22. The van der Waals surface area contributed by atoms with Crippen molar-refractivity contribution < 1.29 is 14.4 Å². The van der Waals surface area contributed by atoms with Crippen LogP contribution < -0.4 is 10.5 Å². The van der Waals surface area contributed by atoms with Gasteiger partial charge in [-0.2, -0.15) is 0 Å². The average molecular weight is 354 g/mol. The number of anilines is 1. The highest BCUT2D eigenvalue weighted by molar-refractivity contribution is 5.84. The first-order valence-electron chi connectivity index (χ1n) is 8.22. The summed E-state index contributed by atoms with van der Waals surface area (Å²) in [5.74, 6) is 0. The lowest BCUT2D eigenvalue weighted by molar-refractivity contribution is -0.384. The number of aliphatic hydroxyl groups is 1. The van der Waals surface area contributed by atoms with Crippen molar-refractivity contribution in [3.05, 3.63) is 69.1 Å². The third-order valence-corrected chi connectivity index (χ3v) is 4.23. The van der Waals surface area contributed by atoms with Crippen molar-refractivity contribution in [1.29, 1.82) is 0 Å². The number of nitrogens with zero attached hydrogens (tertiary/aromatic N) is 2. The van der Waals surface area contributed by atoms with E-state index in [-0.39, 0.29) is 12.3 Å². The molecule has 0 radical (unpaired) electrons. The van der Waals surface area contributed by atoms with E-state index in [9.17, 15) is 14.9 Å². The molecule has 2 aromatic carbocycles. The van der Waals surface area contributed by atoms with Crippen molar-refractivity contribution in [3.8, 4) is 11.1 Å². The SMILES string of the molecule is CCN(CCO)c1ccc2cc(-c3ccc([N+](=O)[O-])cc3)c(=O)oc2c1. The van der Waals surface area contributed by atoms with Crippen molar-refractivity contribution in [2.45, 2.75) is 6.92 Å².